The van der Waals surface area contributed by atoms with Gasteiger partial charge in [0.25, 0.3) is 0 Å². The van der Waals surface area contributed by atoms with Gasteiger partial charge in [0.15, 0.2) is 0 Å². The van der Waals surface area contributed by atoms with Gasteiger partial charge in [0, 0.05) is 23.4 Å². The lowest BCUT2D eigenvalue weighted by molar-refractivity contribution is -0.121. The van der Waals surface area contributed by atoms with Crippen molar-refractivity contribution in [1.29, 1.82) is 0 Å². The first-order valence-electron chi connectivity index (χ1n) is 11.6. The van der Waals surface area contributed by atoms with Gasteiger partial charge in [0.1, 0.15) is 5.82 Å². The highest BCUT2D eigenvalue weighted by molar-refractivity contribution is 7.10. The minimum Gasteiger partial charge on any atom is -0.344 e. The van der Waals surface area contributed by atoms with Gasteiger partial charge in [-0.3, -0.25) is 4.79 Å². The maximum absolute atomic E-state index is 13.3. The Kier molecular flexibility index (Phi) is 5.93. The Morgan fingerprint density at radius 3 is 2.28 bits per heavy atom. The van der Waals surface area contributed by atoms with Crippen LogP contribution in [0.2, 0.25) is 0 Å². The van der Waals surface area contributed by atoms with E-state index in [1.807, 2.05) is 17.5 Å². The third kappa shape index (κ3) is 4.68. The number of thiophene rings is 1. The number of hydrogen-bond donors (Lipinski definition) is 3. The molecule has 4 saturated carbocycles. The first kappa shape index (κ1) is 21.4. The summed E-state index contributed by atoms with van der Waals surface area (Å²) in [7, 11) is 0. The Labute approximate surface area is 192 Å². The number of carbonyl (C=O) groups is 2. The molecule has 0 spiro atoms. The number of carbonyl (C=O) groups excluding carboxylic acids is 2. The van der Waals surface area contributed by atoms with Crippen molar-refractivity contribution in [2.75, 3.05) is 6.54 Å². The van der Waals surface area contributed by atoms with Gasteiger partial charge < -0.3 is 16.0 Å². The monoisotopic (exact) mass is 455 g/mol. The molecule has 7 heteroatoms. The highest BCUT2D eigenvalue weighted by Crippen LogP contribution is 2.55. The SMILES string of the molecule is O=C(CCNC(=O)NC12CC3CC(CC(C3)C1)C2)NC(c1ccc(F)cc1)c1cccs1. The van der Waals surface area contributed by atoms with Gasteiger partial charge in [-0.25, -0.2) is 9.18 Å². The van der Waals surface area contributed by atoms with E-state index in [0.29, 0.717) is 0 Å². The van der Waals surface area contributed by atoms with E-state index in [9.17, 15) is 14.0 Å². The molecule has 3 N–H and O–H groups in total. The highest BCUT2D eigenvalue weighted by atomic mass is 32.1. The summed E-state index contributed by atoms with van der Waals surface area (Å²) in [6, 6.07) is 9.58. The largest absolute Gasteiger partial charge is 0.344 e. The minimum atomic E-state index is -0.330. The molecule has 170 valence electrons. The fraction of sp³-hybridized carbons (Fsp3) is 0.520. The number of benzene rings is 1. The lowest BCUT2D eigenvalue weighted by Gasteiger charge is -2.56. The van der Waals surface area contributed by atoms with Crippen LogP contribution in [0, 0.1) is 23.6 Å². The van der Waals surface area contributed by atoms with E-state index in [2.05, 4.69) is 16.0 Å². The van der Waals surface area contributed by atoms with Gasteiger partial charge >= 0.3 is 6.03 Å². The molecule has 4 aliphatic rings. The number of nitrogens with one attached hydrogen (secondary N) is 3. The number of rotatable bonds is 7. The molecule has 0 aliphatic heterocycles. The van der Waals surface area contributed by atoms with Crippen LogP contribution < -0.4 is 16.0 Å². The summed E-state index contributed by atoms with van der Waals surface area (Å²) in [4.78, 5) is 26.2. The van der Waals surface area contributed by atoms with Crippen LogP contribution in [0.1, 0.15) is 61.4 Å². The van der Waals surface area contributed by atoms with E-state index in [1.165, 1.54) is 31.4 Å². The molecule has 2 aromatic rings. The molecule has 4 bridgehead atoms. The van der Waals surface area contributed by atoms with Crippen molar-refractivity contribution in [3.8, 4) is 0 Å². The van der Waals surface area contributed by atoms with Crippen LogP contribution in [0.3, 0.4) is 0 Å². The maximum atomic E-state index is 13.3. The summed E-state index contributed by atoms with van der Waals surface area (Å²) in [5, 5.41) is 11.1. The van der Waals surface area contributed by atoms with Crippen molar-refractivity contribution in [1.82, 2.24) is 16.0 Å². The predicted molar refractivity (Wildman–Crippen MR) is 123 cm³/mol. The molecular formula is C25H30FN3O2S. The summed E-state index contributed by atoms with van der Waals surface area (Å²) in [5.74, 6) is 1.86. The number of amides is 3. The van der Waals surface area contributed by atoms with E-state index < -0.39 is 0 Å². The number of halogens is 1. The average molecular weight is 456 g/mol. The Morgan fingerprint density at radius 2 is 1.69 bits per heavy atom. The molecule has 32 heavy (non-hydrogen) atoms. The summed E-state index contributed by atoms with van der Waals surface area (Å²) >= 11 is 1.54. The van der Waals surface area contributed by atoms with Crippen LogP contribution in [-0.4, -0.2) is 24.0 Å². The minimum absolute atomic E-state index is 0.0338. The van der Waals surface area contributed by atoms with Crippen LogP contribution in [-0.2, 0) is 4.79 Å². The molecule has 4 fully saturated rings. The van der Waals surface area contributed by atoms with Crippen LogP contribution in [0.15, 0.2) is 41.8 Å². The molecule has 0 radical (unpaired) electrons. The summed E-state index contributed by atoms with van der Waals surface area (Å²) < 4.78 is 13.3. The molecule has 0 saturated heterocycles. The molecule has 1 atom stereocenters. The fourth-order valence-corrected chi connectivity index (χ4v) is 7.30. The van der Waals surface area contributed by atoms with Gasteiger partial charge in [-0.2, -0.15) is 0 Å². The maximum Gasteiger partial charge on any atom is 0.315 e. The topological polar surface area (TPSA) is 70.2 Å². The molecule has 3 amide bonds. The van der Waals surface area contributed by atoms with Gasteiger partial charge in [-0.05, 0) is 85.4 Å². The van der Waals surface area contributed by atoms with E-state index in [-0.39, 0.29) is 42.3 Å². The van der Waals surface area contributed by atoms with Crippen LogP contribution in [0.4, 0.5) is 9.18 Å². The molecule has 4 aliphatic carbocycles. The molecule has 6 rings (SSSR count). The van der Waals surface area contributed by atoms with Crippen molar-refractivity contribution in [3.05, 3.63) is 58.0 Å². The normalized spacial score (nSPS) is 28.8. The zero-order valence-corrected chi connectivity index (χ0v) is 18.9. The Bertz CT molecular complexity index is 925. The van der Waals surface area contributed by atoms with Crippen molar-refractivity contribution in [3.63, 3.8) is 0 Å². The van der Waals surface area contributed by atoms with Gasteiger partial charge in [0.05, 0.1) is 6.04 Å². The molecule has 5 nitrogen and oxygen atoms in total. The third-order valence-corrected chi connectivity index (χ3v) is 8.33. The summed E-state index contributed by atoms with van der Waals surface area (Å²) in [6.45, 7) is 0.282. The van der Waals surface area contributed by atoms with Crippen molar-refractivity contribution < 1.29 is 14.0 Å². The Hall–Kier alpha value is -2.41. The first-order valence-corrected chi connectivity index (χ1v) is 12.5. The number of urea groups is 1. The summed E-state index contributed by atoms with van der Waals surface area (Å²) in [6.07, 6.45) is 7.51. The van der Waals surface area contributed by atoms with Crippen molar-refractivity contribution in [2.24, 2.45) is 17.8 Å². The zero-order valence-electron chi connectivity index (χ0n) is 18.1. The first-order chi connectivity index (χ1) is 15.5. The number of hydrogen-bond acceptors (Lipinski definition) is 3. The van der Waals surface area contributed by atoms with E-state index in [1.54, 1.807) is 23.5 Å². The quantitative estimate of drug-likeness (QED) is 0.564. The zero-order chi connectivity index (χ0) is 22.1. The molecule has 1 aromatic heterocycles. The van der Waals surface area contributed by atoms with Crippen LogP contribution >= 0.6 is 11.3 Å². The second-order valence-electron chi connectivity index (χ2n) is 9.90. The molecule has 1 heterocycles. The second kappa shape index (κ2) is 8.85. The van der Waals surface area contributed by atoms with E-state index in [0.717, 1.165) is 47.5 Å². The van der Waals surface area contributed by atoms with Gasteiger partial charge in [0.2, 0.25) is 5.91 Å². The van der Waals surface area contributed by atoms with Gasteiger partial charge in [-0.15, -0.1) is 11.3 Å². The Balaban J connectivity index is 1.12. The van der Waals surface area contributed by atoms with E-state index in [4.69, 9.17) is 0 Å². The lowest BCUT2D eigenvalue weighted by atomic mass is 9.53. The lowest BCUT2D eigenvalue weighted by Crippen LogP contribution is -2.61. The standard InChI is InChI=1S/C25H30FN3O2S/c26-20-5-3-19(4-6-20)23(21-2-1-9-32-21)28-22(30)7-8-27-24(31)29-25-13-16-10-17(14-25)12-18(11-16)15-25/h1-6,9,16-18,23H,7-8,10-15H2,(H,28,30)(H2,27,29,31). The third-order valence-electron chi connectivity index (χ3n) is 7.39. The Morgan fingerprint density at radius 1 is 1.03 bits per heavy atom. The van der Waals surface area contributed by atoms with Crippen LogP contribution in [0.25, 0.3) is 0 Å². The van der Waals surface area contributed by atoms with Crippen LogP contribution in [0.5, 0.6) is 0 Å². The van der Waals surface area contributed by atoms with E-state index >= 15 is 0 Å². The molecular weight excluding hydrogens is 425 g/mol. The van der Waals surface area contributed by atoms with Crippen molar-refractivity contribution in [2.45, 2.75) is 56.5 Å². The summed E-state index contributed by atoms with van der Waals surface area (Å²) in [5.41, 5.74) is 0.795. The predicted octanol–water partition coefficient (Wildman–Crippen LogP) is 4.75. The average Bonchev–Trinajstić information content (AvgIpc) is 3.26. The fourth-order valence-electron chi connectivity index (χ4n) is 6.50. The molecule has 1 unspecified atom stereocenters. The van der Waals surface area contributed by atoms with Gasteiger partial charge in [-0.1, -0.05) is 18.2 Å². The highest BCUT2D eigenvalue weighted by Gasteiger charge is 2.51. The smallest absolute Gasteiger partial charge is 0.315 e. The second-order valence-corrected chi connectivity index (χ2v) is 10.9. The van der Waals surface area contributed by atoms with Crippen molar-refractivity contribution >= 4 is 23.3 Å². The molecule has 1 aromatic carbocycles.